The van der Waals surface area contributed by atoms with Gasteiger partial charge in [-0.1, -0.05) is 42.0 Å². The third kappa shape index (κ3) is 2.13. The van der Waals surface area contributed by atoms with Gasteiger partial charge in [-0.05, 0) is 62.9 Å². The molecule has 4 aliphatic carbocycles. The summed E-state index contributed by atoms with van der Waals surface area (Å²) >= 11 is 2.03. The number of hydrogen-bond donors (Lipinski definition) is 1. The third-order valence-electron chi connectivity index (χ3n) is 8.80. The lowest BCUT2D eigenvalue weighted by atomic mass is 9.44. The van der Waals surface area contributed by atoms with Crippen LogP contribution in [0, 0.1) is 22.7 Å². The van der Waals surface area contributed by atoms with E-state index in [0.29, 0.717) is 36.5 Å². The molecule has 0 saturated heterocycles. The molecule has 0 aromatic carbocycles. The Morgan fingerprint density at radius 3 is 2.62 bits per heavy atom. The lowest BCUT2D eigenvalue weighted by Gasteiger charge is -2.61. The van der Waals surface area contributed by atoms with E-state index in [1.54, 1.807) is 6.08 Å². The number of aliphatic hydroxyl groups is 1. The van der Waals surface area contributed by atoms with Crippen LogP contribution in [-0.2, 0) is 9.59 Å². The summed E-state index contributed by atoms with van der Waals surface area (Å²) in [4.78, 5) is 24.4. The Labute approximate surface area is 168 Å². The number of alkyl halides is 2. The molecule has 0 aromatic rings. The molecule has 0 unspecified atom stereocenters. The second-order valence-corrected chi connectivity index (χ2v) is 10.2. The molecule has 3 fully saturated rings. The van der Waals surface area contributed by atoms with Crippen molar-refractivity contribution in [3.8, 4) is 0 Å². The number of halogens is 2. The summed E-state index contributed by atoms with van der Waals surface area (Å²) in [5.74, 6) is -0.0647. The van der Waals surface area contributed by atoms with Crippen LogP contribution in [0.15, 0.2) is 11.6 Å². The summed E-state index contributed by atoms with van der Waals surface area (Å²) in [6.07, 6.45) is 6.32. The molecule has 4 rings (SSSR count). The molecule has 0 aliphatic heterocycles. The number of hydrogen-bond acceptors (Lipinski definition) is 3. The smallest absolute Gasteiger partial charge is 0.174 e. The van der Waals surface area contributed by atoms with Crippen molar-refractivity contribution in [1.29, 1.82) is 0 Å². The Balaban J connectivity index is 1.74. The average molecular weight is 474 g/mol. The zero-order chi connectivity index (χ0) is 19.0. The summed E-state index contributed by atoms with van der Waals surface area (Å²) < 4.78 is 17.0. The minimum atomic E-state index is -1.33. The summed E-state index contributed by atoms with van der Waals surface area (Å²) in [6, 6.07) is 0. The lowest BCUT2D eigenvalue weighted by molar-refractivity contribution is -0.181. The molecule has 6 atom stereocenters. The maximum absolute atomic E-state index is 16.7. The minimum Gasteiger partial charge on any atom is -0.381 e. The zero-order valence-corrected chi connectivity index (χ0v) is 17.8. The van der Waals surface area contributed by atoms with Crippen molar-refractivity contribution in [1.82, 2.24) is 0 Å². The van der Waals surface area contributed by atoms with E-state index in [1.165, 1.54) is 0 Å². The fourth-order valence-electron chi connectivity index (χ4n) is 7.04. The molecule has 0 aromatic heterocycles. The van der Waals surface area contributed by atoms with E-state index in [4.69, 9.17) is 0 Å². The first-order chi connectivity index (χ1) is 12.1. The lowest BCUT2D eigenvalue weighted by Crippen LogP contribution is -2.63. The average Bonchev–Trinajstić information content (AvgIpc) is 2.88. The number of Topliss-reactive ketones (excluding diaryl/α,β-unsaturated/α-hetero) is 1. The van der Waals surface area contributed by atoms with Crippen molar-refractivity contribution in [3.63, 3.8) is 0 Å². The largest absolute Gasteiger partial charge is 0.381 e. The van der Waals surface area contributed by atoms with Crippen molar-refractivity contribution in [3.05, 3.63) is 11.6 Å². The Hall–Kier alpha value is -0.300. The normalized spacial score (nSPS) is 50.5. The topological polar surface area (TPSA) is 54.4 Å². The fraction of sp³-hybridized carbons (Fsp3) is 0.810. The van der Waals surface area contributed by atoms with Crippen molar-refractivity contribution in [2.45, 2.75) is 76.5 Å². The SMILES string of the molecule is C[C@]12CCC(=O)C=C1CC[C@H]1[C@@H]3CC[C@](O)(C(=O)CI)[C@@]3(C)CC[C@@]12F. The molecule has 0 bridgehead atoms. The molecule has 0 amide bonds. The Bertz CT molecular complexity index is 705. The standard InChI is InChI=1S/C21H28FIO3/c1-18-7-5-14(24)11-13(18)3-4-16-15-6-8-21(26,17(25)12-23)19(15,2)9-10-20(16,18)22/h11,15-16,26H,3-10,12H2,1-2H3/t15-,16-,18-,19-,20+,21-/m0/s1. The zero-order valence-electron chi connectivity index (χ0n) is 15.6. The fourth-order valence-corrected chi connectivity index (χ4v) is 7.67. The summed E-state index contributed by atoms with van der Waals surface area (Å²) in [7, 11) is 0. The molecule has 3 saturated carbocycles. The first-order valence-corrected chi connectivity index (χ1v) is 11.4. The van der Waals surface area contributed by atoms with Gasteiger partial charge in [-0.2, -0.15) is 0 Å². The van der Waals surface area contributed by atoms with Gasteiger partial charge in [0, 0.05) is 17.3 Å². The highest BCUT2D eigenvalue weighted by Gasteiger charge is 2.71. The molecule has 0 radical (unpaired) electrons. The van der Waals surface area contributed by atoms with Crippen molar-refractivity contribution in [2.75, 3.05) is 4.43 Å². The number of fused-ring (bicyclic) bond motifs is 5. The van der Waals surface area contributed by atoms with E-state index in [0.717, 1.165) is 24.8 Å². The van der Waals surface area contributed by atoms with Gasteiger partial charge < -0.3 is 5.11 Å². The first kappa shape index (κ1) is 19.0. The predicted molar refractivity (Wildman–Crippen MR) is 106 cm³/mol. The van der Waals surface area contributed by atoms with Crippen molar-refractivity contribution in [2.24, 2.45) is 22.7 Å². The van der Waals surface area contributed by atoms with Crippen molar-refractivity contribution >= 4 is 34.2 Å². The maximum atomic E-state index is 16.7. The molecule has 0 heterocycles. The molecule has 4 aliphatic rings. The van der Waals surface area contributed by atoms with Crippen LogP contribution in [0.3, 0.4) is 0 Å². The van der Waals surface area contributed by atoms with E-state index >= 15 is 4.39 Å². The van der Waals surface area contributed by atoms with E-state index in [2.05, 4.69) is 0 Å². The van der Waals surface area contributed by atoms with Gasteiger partial charge in [0.2, 0.25) is 0 Å². The van der Waals surface area contributed by atoms with Crippen LogP contribution >= 0.6 is 22.6 Å². The number of carbonyl (C=O) groups is 2. The van der Waals surface area contributed by atoms with E-state index in [1.807, 2.05) is 36.4 Å². The van der Waals surface area contributed by atoms with Gasteiger partial charge in [0.15, 0.2) is 11.6 Å². The Kier molecular flexibility index (Phi) is 4.28. The van der Waals surface area contributed by atoms with E-state index in [-0.39, 0.29) is 23.4 Å². The summed E-state index contributed by atoms with van der Waals surface area (Å²) in [5, 5.41) is 11.3. The highest BCUT2D eigenvalue weighted by molar-refractivity contribution is 14.1. The highest BCUT2D eigenvalue weighted by Crippen LogP contribution is 2.70. The van der Waals surface area contributed by atoms with Crippen LogP contribution in [0.25, 0.3) is 0 Å². The van der Waals surface area contributed by atoms with Gasteiger partial charge in [0.1, 0.15) is 11.3 Å². The summed E-state index contributed by atoms with van der Waals surface area (Å²) in [6.45, 7) is 4.03. The minimum absolute atomic E-state index is 0.0363. The van der Waals surface area contributed by atoms with Gasteiger partial charge in [-0.25, -0.2) is 4.39 Å². The van der Waals surface area contributed by atoms with E-state index < -0.39 is 22.1 Å². The molecule has 144 valence electrons. The number of rotatable bonds is 2. The number of allylic oxidation sites excluding steroid dienone is 1. The van der Waals surface area contributed by atoms with Gasteiger partial charge in [-0.3, -0.25) is 9.59 Å². The van der Waals surface area contributed by atoms with Crippen LogP contribution < -0.4 is 0 Å². The maximum Gasteiger partial charge on any atom is 0.174 e. The second-order valence-electron chi connectivity index (χ2n) is 9.46. The van der Waals surface area contributed by atoms with Crippen LogP contribution in [0.2, 0.25) is 0 Å². The van der Waals surface area contributed by atoms with Crippen LogP contribution in [0.5, 0.6) is 0 Å². The number of carbonyl (C=O) groups excluding carboxylic acids is 2. The molecular formula is C21H28FIO3. The third-order valence-corrected chi connectivity index (χ3v) is 9.49. The van der Waals surface area contributed by atoms with E-state index in [9.17, 15) is 14.7 Å². The van der Waals surface area contributed by atoms with Gasteiger partial charge in [0.25, 0.3) is 0 Å². The molecule has 1 N–H and O–H groups in total. The van der Waals surface area contributed by atoms with Gasteiger partial charge in [-0.15, -0.1) is 0 Å². The Morgan fingerprint density at radius 2 is 1.92 bits per heavy atom. The molecule has 26 heavy (non-hydrogen) atoms. The van der Waals surface area contributed by atoms with Gasteiger partial charge in [0.05, 0.1) is 4.43 Å². The highest BCUT2D eigenvalue weighted by atomic mass is 127. The van der Waals surface area contributed by atoms with Crippen LogP contribution in [-0.4, -0.2) is 32.4 Å². The first-order valence-electron chi connectivity index (χ1n) is 9.87. The van der Waals surface area contributed by atoms with Gasteiger partial charge >= 0.3 is 0 Å². The number of ketones is 2. The monoisotopic (exact) mass is 474 g/mol. The molecule has 5 heteroatoms. The molecular weight excluding hydrogens is 446 g/mol. The van der Waals surface area contributed by atoms with Crippen LogP contribution in [0.4, 0.5) is 4.39 Å². The molecule has 3 nitrogen and oxygen atoms in total. The summed E-state index contributed by atoms with van der Waals surface area (Å²) in [5.41, 5.74) is -2.75. The Morgan fingerprint density at radius 1 is 1.19 bits per heavy atom. The molecule has 0 spiro atoms. The van der Waals surface area contributed by atoms with Crippen molar-refractivity contribution < 1.29 is 19.1 Å². The van der Waals surface area contributed by atoms with Crippen LogP contribution in [0.1, 0.15) is 65.2 Å². The predicted octanol–water partition coefficient (Wildman–Crippen LogP) is 4.35. The second kappa shape index (κ2) is 5.85. The quantitative estimate of drug-likeness (QED) is 0.479.